The first-order chi connectivity index (χ1) is 8.59. The van der Waals surface area contributed by atoms with Gasteiger partial charge in [-0.25, -0.2) is 0 Å². The van der Waals surface area contributed by atoms with Crippen LogP contribution < -0.4 is 10.6 Å². The molecular formula is C12H18N4O2. The van der Waals surface area contributed by atoms with Crippen molar-refractivity contribution in [2.75, 3.05) is 25.0 Å². The topological polar surface area (TPSA) is 80.1 Å². The van der Waals surface area contributed by atoms with E-state index < -0.39 is 4.92 Å². The summed E-state index contributed by atoms with van der Waals surface area (Å²) in [5.41, 5.74) is 1.12. The minimum atomic E-state index is -0.488. The lowest BCUT2D eigenvalue weighted by atomic mass is 9.81. The van der Waals surface area contributed by atoms with E-state index >= 15 is 0 Å². The maximum Gasteiger partial charge on any atom is 0.363 e. The Hall–Kier alpha value is -1.69. The number of rotatable bonds is 4. The minimum Gasteiger partial charge on any atom is -0.381 e. The molecule has 6 nitrogen and oxygen atoms in total. The van der Waals surface area contributed by atoms with Crippen molar-refractivity contribution in [2.24, 2.45) is 5.41 Å². The van der Waals surface area contributed by atoms with Gasteiger partial charge in [-0.1, -0.05) is 6.92 Å². The molecule has 0 spiro atoms. The predicted molar refractivity (Wildman–Crippen MR) is 69.6 cm³/mol. The van der Waals surface area contributed by atoms with E-state index in [0.717, 1.165) is 38.2 Å². The number of nitrogens with zero attached hydrogens (tertiary/aromatic N) is 2. The van der Waals surface area contributed by atoms with Crippen LogP contribution in [0.2, 0.25) is 0 Å². The van der Waals surface area contributed by atoms with E-state index in [-0.39, 0.29) is 11.2 Å². The Morgan fingerprint density at radius 2 is 2.22 bits per heavy atom. The molecule has 2 N–H and O–H groups in total. The first-order valence-electron chi connectivity index (χ1n) is 6.14. The van der Waals surface area contributed by atoms with Crippen LogP contribution in [0.15, 0.2) is 18.3 Å². The molecule has 0 aromatic carbocycles. The van der Waals surface area contributed by atoms with E-state index in [2.05, 4.69) is 22.5 Å². The molecule has 0 saturated carbocycles. The average molecular weight is 250 g/mol. The molecule has 1 saturated heterocycles. The van der Waals surface area contributed by atoms with E-state index in [1.54, 1.807) is 6.07 Å². The number of piperidine rings is 1. The number of anilines is 1. The molecule has 1 aromatic rings. The van der Waals surface area contributed by atoms with Crippen LogP contribution in [0.5, 0.6) is 0 Å². The molecule has 1 aliphatic heterocycles. The van der Waals surface area contributed by atoms with Crippen molar-refractivity contribution in [3.05, 3.63) is 28.4 Å². The van der Waals surface area contributed by atoms with Crippen LogP contribution in [-0.2, 0) is 0 Å². The van der Waals surface area contributed by atoms with Crippen molar-refractivity contribution in [1.82, 2.24) is 10.3 Å². The molecule has 98 valence electrons. The van der Waals surface area contributed by atoms with Crippen LogP contribution in [0.1, 0.15) is 19.8 Å². The van der Waals surface area contributed by atoms with E-state index in [4.69, 9.17) is 0 Å². The van der Waals surface area contributed by atoms with Crippen molar-refractivity contribution in [3.63, 3.8) is 0 Å². The average Bonchev–Trinajstić information content (AvgIpc) is 2.38. The Bertz CT molecular complexity index is 413. The Labute approximate surface area is 106 Å². The first kappa shape index (κ1) is 12.8. The molecule has 1 aliphatic rings. The van der Waals surface area contributed by atoms with Gasteiger partial charge in [-0.05, 0) is 47.3 Å². The predicted octanol–water partition coefficient (Wildman–Crippen LogP) is 1.79. The molecule has 1 fully saturated rings. The third kappa shape index (κ3) is 3.16. The summed E-state index contributed by atoms with van der Waals surface area (Å²) < 4.78 is 0. The Morgan fingerprint density at radius 3 is 2.78 bits per heavy atom. The highest BCUT2D eigenvalue weighted by Crippen LogP contribution is 2.28. The molecule has 0 bridgehead atoms. The Balaban J connectivity index is 1.91. The van der Waals surface area contributed by atoms with Gasteiger partial charge in [0.05, 0.1) is 5.69 Å². The van der Waals surface area contributed by atoms with Gasteiger partial charge in [-0.2, -0.15) is 0 Å². The maximum absolute atomic E-state index is 10.5. The largest absolute Gasteiger partial charge is 0.381 e. The van der Waals surface area contributed by atoms with Crippen molar-refractivity contribution >= 4 is 11.5 Å². The molecule has 1 aromatic heterocycles. The summed E-state index contributed by atoms with van der Waals surface area (Å²) in [4.78, 5) is 13.8. The van der Waals surface area contributed by atoms with Crippen LogP contribution in [0.4, 0.5) is 11.5 Å². The molecule has 2 heterocycles. The summed E-state index contributed by atoms with van der Waals surface area (Å²) >= 11 is 0. The summed E-state index contributed by atoms with van der Waals surface area (Å²) in [6.45, 7) is 5.24. The summed E-state index contributed by atoms with van der Waals surface area (Å²) in [6.07, 6.45) is 3.80. The molecule has 0 unspecified atom stereocenters. The number of pyridine rings is 1. The first-order valence-corrected chi connectivity index (χ1v) is 6.14. The number of nitrogens with one attached hydrogen (secondary N) is 2. The van der Waals surface area contributed by atoms with Crippen LogP contribution in [0.25, 0.3) is 0 Å². The zero-order valence-electron chi connectivity index (χ0n) is 10.5. The fourth-order valence-corrected chi connectivity index (χ4v) is 2.12. The molecule has 0 atom stereocenters. The molecule has 18 heavy (non-hydrogen) atoms. The summed E-state index contributed by atoms with van der Waals surface area (Å²) in [5.74, 6) is -0.117. The molecule has 0 radical (unpaired) electrons. The molecule has 0 aliphatic carbocycles. The van der Waals surface area contributed by atoms with Gasteiger partial charge in [0.15, 0.2) is 6.20 Å². The second-order valence-electron chi connectivity index (χ2n) is 5.08. The zero-order valence-corrected chi connectivity index (χ0v) is 10.5. The Morgan fingerprint density at radius 1 is 1.50 bits per heavy atom. The van der Waals surface area contributed by atoms with E-state index in [0.29, 0.717) is 0 Å². The zero-order chi connectivity index (χ0) is 13.0. The third-order valence-corrected chi connectivity index (χ3v) is 3.46. The summed E-state index contributed by atoms with van der Waals surface area (Å²) in [5, 5.41) is 17.1. The smallest absolute Gasteiger partial charge is 0.363 e. The third-order valence-electron chi connectivity index (χ3n) is 3.46. The van der Waals surface area contributed by atoms with Crippen molar-refractivity contribution < 1.29 is 4.92 Å². The lowest BCUT2D eigenvalue weighted by Crippen LogP contribution is -2.39. The number of hydrogen-bond acceptors (Lipinski definition) is 5. The summed E-state index contributed by atoms with van der Waals surface area (Å²) in [7, 11) is 0. The minimum absolute atomic E-state index is 0.117. The summed E-state index contributed by atoms with van der Waals surface area (Å²) in [6, 6.07) is 3.13. The van der Waals surface area contributed by atoms with E-state index in [1.165, 1.54) is 12.3 Å². The standard InChI is InChI=1S/C12H18N4O2/c1-12(4-6-13-7-5-12)9-15-10-2-3-11(14-8-10)16(17)18/h2-3,8,13,15H,4-7,9H2,1H3. The van der Waals surface area contributed by atoms with Crippen LogP contribution in [-0.4, -0.2) is 29.5 Å². The lowest BCUT2D eigenvalue weighted by molar-refractivity contribution is -0.389. The van der Waals surface area contributed by atoms with E-state index in [9.17, 15) is 10.1 Å². The molecule has 0 amide bonds. The second kappa shape index (κ2) is 5.30. The van der Waals surface area contributed by atoms with Crippen LogP contribution in [0.3, 0.4) is 0 Å². The van der Waals surface area contributed by atoms with Crippen LogP contribution in [0, 0.1) is 15.5 Å². The maximum atomic E-state index is 10.5. The normalized spacial score (nSPS) is 18.3. The SMILES string of the molecule is CC1(CNc2ccc([N+](=O)[O-])nc2)CCNCC1. The highest BCUT2D eigenvalue weighted by atomic mass is 16.6. The monoisotopic (exact) mass is 250 g/mol. The quantitative estimate of drug-likeness (QED) is 0.629. The fraction of sp³-hybridized carbons (Fsp3) is 0.583. The van der Waals surface area contributed by atoms with Crippen molar-refractivity contribution in [1.29, 1.82) is 0 Å². The van der Waals surface area contributed by atoms with Gasteiger partial charge in [-0.15, -0.1) is 0 Å². The van der Waals surface area contributed by atoms with Crippen molar-refractivity contribution in [3.8, 4) is 0 Å². The molecule has 6 heteroatoms. The number of aromatic nitrogens is 1. The Kier molecular flexibility index (Phi) is 3.76. The lowest BCUT2D eigenvalue weighted by Gasteiger charge is -2.34. The fourth-order valence-electron chi connectivity index (χ4n) is 2.12. The van der Waals surface area contributed by atoms with E-state index in [1.807, 2.05) is 0 Å². The van der Waals surface area contributed by atoms with Crippen molar-refractivity contribution in [2.45, 2.75) is 19.8 Å². The van der Waals surface area contributed by atoms with Gasteiger partial charge in [-0.3, -0.25) is 0 Å². The second-order valence-corrected chi connectivity index (χ2v) is 5.08. The molecular weight excluding hydrogens is 232 g/mol. The number of hydrogen-bond donors (Lipinski definition) is 2. The van der Waals surface area contributed by atoms with Gasteiger partial charge in [0.1, 0.15) is 0 Å². The van der Waals surface area contributed by atoms with Gasteiger partial charge >= 0.3 is 5.82 Å². The van der Waals surface area contributed by atoms with Gasteiger partial charge < -0.3 is 20.7 Å². The molecule has 2 rings (SSSR count). The van der Waals surface area contributed by atoms with Gasteiger partial charge in [0.2, 0.25) is 0 Å². The van der Waals surface area contributed by atoms with Gasteiger partial charge in [0, 0.05) is 12.6 Å². The highest BCUT2D eigenvalue weighted by molar-refractivity contribution is 5.43. The highest BCUT2D eigenvalue weighted by Gasteiger charge is 2.26. The number of nitro groups is 1. The van der Waals surface area contributed by atoms with Gasteiger partial charge in [0.25, 0.3) is 0 Å². The van der Waals surface area contributed by atoms with Crippen LogP contribution >= 0.6 is 0 Å².